The van der Waals surface area contributed by atoms with Crippen molar-refractivity contribution in [1.29, 1.82) is 0 Å². The van der Waals surface area contributed by atoms with Crippen LogP contribution in [0.5, 0.6) is 0 Å². The second-order valence-corrected chi connectivity index (χ2v) is 2.42. The minimum atomic E-state index is 0.778. The third-order valence-electron chi connectivity index (χ3n) is 1.30. The van der Waals surface area contributed by atoms with Crippen molar-refractivity contribution in [3.8, 4) is 0 Å². The normalized spacial score (nSPS) is 11.7. The van der Waals surface area contributed by atoms with E-state index in [1.165, 1.54) is 6.40 Å². The Morgan fingerprint density at radius 1 is 1.00 bits per heavy atom. The molecule has 2 aromatic rings. The maximum Gasteiger partial charge on any atom is 0.169 e. The predicted octanol–water partition coefficient (Wildman–Crippen LogP) is 0.864. The van der Waals surface area contributed by atoms with Gasteiger partial charge in [0.25, 0.3) is 0 Å². The quantitative estimate of drug-likeness (QED) is 0.672. The Bertz CT molecular complexity index is 249. The topological polar surface area (TPSA) is 79.0 Å². The summed E-state index contributed by atoms with van der Waals surface area (Å²) >= 11 is 0. The van der Waals surface area contributed by atoms with Crippen molar-refractivity contribution in [3.63, 3.8) is 0 Å². The van der Waals surface area contributed by atoms with Crippen LogP contribution in [0.2, 0.25) is 0 Å². The molecule has 2 N–H and O–H groups in total. The summed E-state index contributed by atoms with van der Waals surface area (Å²) in [6.45, 7) is 1.62. The zero-order valence-corrected chi connectivity index (χ0v) is 8.21. The lowest BCUT2D eigenvalue weighted by molar-refractivity contribution is 0.361. The van der Waals surface area contributed by atoms with Crippen LogP contribution in [0.25, 0.3) is 0 Å². The highest BCUT2D eigenvalue weighted by Gasteiger charge is 1.84. The number of ether oxygens (including phenoxy) is 1. The fourth-order valence-corrected chi connectivity index (χ4v) is 0.694. The highest BCUT2D eigenvalue weighted by molar-refractivity contribution is 5.47. The molecular formula is C9H13N5O. The van der Waals surface area contributed by atoms with Crippen molar-refractivity contribution < 1.29 is 4.74 Å². The minimum absolute atomic E-state index is 0.778. The van der Waals surface area contributed by atoms with Crippen molar-refractivity contribution in [3.05, 3.63) is 36.9 Å². The Balaban J connectivity index is 0.000000112. The summed E-state index contributed by atoms with van der Waals surface area (Å²) in [6, 6.07) is 3.67. The zero-order valence-electron chi connectivity index (χ0n) is 8.21. The van der Waals surface area contributed by atoms with Crippen LogP contribution in [0, 0.1) is 0 Å². The Hall–Kier alpha value is -2.11. The van der Waals surface area contributed by atoms with Gasteiger partial charge in [-0.3, -0.25) is 15.2 Å². The van der Waals surface area contributed by atoms with E-state index in [-0.39, 0.29) is 0 Å². The number of aliphatic imine (C=N–C) groups is 1. The van der Waals surface area contributed by atoms with Gasteiger partial charge in [-0.25, -0.2) is 0 Å². The fraction of sp³-hybridized carbons (Fsp3) is 0.222. The lowest BCUT2D eigenvalue weighted by Gasteiger charge is -1.76. The van der Waals surface area contributed by atoms with Crippen LogP contribution < -0.4 is 0 Å². The van der Waals surface area contributed by atoms with E-state index in [9.17, 15) is 0 Å². The average Bonchev–Trinajstić information content (AvgIpc) is 3.09. The molecule has 0 radical (unpaired) electrons. The molecule has 0 unspecified atom stereocenters. The first-order valence-electron chi connectivity index (χ1n) is 4.47. The molecule has 6 heteroatoms. The highest BCUT2D eigenvalue weighted by Crippen LogP contribution is 1.78. The third kappa shape index (κ3) is 7.00. The standard InChI is InChI=1S/2C3H4N2.C3H5NO/c2*1-2-4-5-3-1;1-2-5-3-4-1/h2*1-3H,(H,4,5);3H,1-2H2. The van der Waals surface area contributed by atoms with Crippen LogP contribution >= 0.6 is 0 Å². The van der Waals surface area contributed by atoms with Gasteiger partial charge in [0.1, 0.15) is 6.61 Å². The molecule has 0 aliphatic carbocycles. The van der Waals surface area contributed by atoms with Gasteiger partial charge >= 0.3 is 0 Å². The van der Waals surface area contributed by atoms with Gasteiger partial charge in [-0.15, -0.1) is 0 Å². The molecule has 0 atom stereocenters. The van der Waals surface area contributed by atoms with Crippen LogP contribution in [0.4, 0.5) is 0 Å². The van der Waals surface area contributed by atoms with Gasteiger partial charge in [-0.2, -0.15) is 10.2 Å². The summed E-state index contributed by atoms with van der Waals surface area (Å²) in [5.41, 5.74) is 0. The van der Waals surface area contributed by atoms with Crippen molar-refractivity contribution in [2.24, 2.45) is 4.99 Å². The molecule has 80 valence electrons. The van der Waals surface area contributed by atoms with Crippen molar-refractivity contribution in [1.82, 2.24) is 20.4 Å². The maximum absolute atomic E-state index is 4.65. The number of nitrogens with zero attached hydrogens (tertiary/aromatic N) is 3. The van der Waals surface area contributed by atoms with E-state index in [4.69, 9.17) is 0 Å². The van der Waals surface area contributed by atoms with Gasteiger partial charge in [0, 0.05) is 24.8 Å². The SMILES string of the molecule is C1=NCCO1.c1cn[nH]c1.c1cn[nH]c1. The lowest BCUT2D eigenvalue weighted by atomic mass is 10.8. The molecule has 3 heterocycles. The molecule has 15 heavy (non-hydrogen) atoms. The summed E-state index contributed by atoms with van der Waals surface area (Å²) in [7, 11) is 0. The molecule has 0 amide bonds. The summed E-state index contributed by atoms with van der Waals surface area (Å²) in [5, 5.41) is 12.4. The van der Waals surface area contributed by atoms with Crippen LogP contribution in [0.15, 0.2) is 41.9 Å². The number of aromatic nitrogens is 4. The molecular weight excluding hydrogens is 194 g/mol. The van der Waals surface area contributed by atoms with E-state index in [2.05, 4.69) is 30.1 Å². The number of hydrogen-bond donors (Lipinski definition) is 2. The smallest absolute Gasteiger partial charge is 0.169 e. The number of nitrogens with one attached hydrogen (secondary N) is 2. The second kappa shape index (κ2) is 8.49. The molecule has 0 fully saturated rings. The first kappa shape index (κ1) is 11.0. The average molecular weight is 207 g/mol. The van der Waals surface area contributed by atoms with Gasteiger partial charge in [0.15, 0.2) is 6.40 Å². The number of aromatic amines is 2. The largest absolute Gasteiger partial charge is 0.482 e. The van der Waals surface area contributed by atoms with Crippen LogP contribution in [-0.2, 0) is 4.74 Å². The van der Waals surface area contributed by atoms with Gasteiger partial charge in [0.05, 0.1) is 6.54 Å². The molecule has 0 aromatic carbocycles. The molecule has 3 rings (SSSR count). The van der Waals surface area contributed by atoms with E-state index in [1.807, 2.05) is 12.1 Å². The van der Waals surface area contributed by atoms with E-state index < -0.39 is 0 Å². The van der Waals surface area contributed by atoms with Crippen molar-refractivity contribution in [2.45, 2.75) is 0 Å². The number of rotatable bonds is 0. The monoisotopic (exact) mass is 207 g/mol. The number of H-pyrrole nitrogens is 2. The number of hydrogen-bond acceptors (Lipinski definition) is 4. The third-order valence-corrected chi connectivity index (χ3v) is 1.30. The summed E-state index contributed by atoms with van der Waals surface area (Å²) in [5.74, 6) is 0. The van der Waals surface area contributed by atoms with Gasteiger partial charge < -0.3 is 4.74 Å². The molecule has 1 aliphatic rings. The van der Waals surface area contributed by atoms with Crippen molar-refractivity contribution in [2.75, 3.05) is 13.2 Å². The van der Waals surface area contributed by atoms with Gasteiger partial charge in [0.2, 0.25) is 0 Å². The molecule has 0 saturated heterocycles. The van der Waals surface area contributed by atoms with Crippen LogP contribution in [0.1, 0.15) is 0 Å². The first-order valence-corrected chi connectivity index (χ1v) is 4.47. The Kier molecular flexibility index (Phi) is 6.21. The molecule has 1 aliphatic heterocycles. The first-order chi connectivity index (χ1) is 7.50. The Morgan fingerprint density at radius 3 is 1.80 bits per heavy atom. The van der Waals surface area contributed by atoms with Crippen LogP contribution in [-0.4, -0.2) is 39.9 Å². The second-order valence-electron chi connectivity index (χ2n) is 2.42. The molecule has 0 saturated carbocycles. The minimum Gasteiger partial charge on any atom is -0.482 e. The summed E-state index contributed by atoms with van der Waals surface area (Å²) in [4.78, 5) is 3.74. The summed E-state index contributed by atoms with van der Waals surface area (Å²) in [6.07, 6.45) is 8.40. The summed E-state index contributed by atoms with van der Waals surface area (Å²) < 4.78 is 4.65. The molecule has 0 spiro atoms. The predicted molar refractivity (Wildman–Crippen MR) is 56.5 cm³/mol. The van der Waals surface area contributed by atoms with E-state index in [0.29, 0.717) is 0 Å². The van der Waals surface area contributed by atoms with E-state index in [0.717, 1.165) is 13.2 Å². The lowest BCUT2D eigenvalue weighted by Crippen LogP contribution is -1.80. The van der Waals surface area contributed by atoms with Gasteiger partial charge in [-0.05, 0) is 12.1 Å². The fourth-order valence-electron chi connectivity index (χ4n) is 0.694. The van der Waals surface area contributed by atoms with Gasteiger partial charge in [-0.1, -0.05) is 0 Å². The van der Waals surface area contributed by atoms with Crippen molar-refractivity contribution >= 4 is 6.40 Å². The maximum atomic E-state index is 4.65. The van der Waals surface area contributed by atoms with E-state index in [1.54, 1.807) is 24.8 Å². The highest BCUT2D eigenvalue weighted by atomic mass is 16.5. The Morgan fingerprint density at radius 2 is 1.67 bits per heavy atom. The van der Waals surface area contributed by atoms with E-state index >= 15 is 0 Å². The molecule has 6 nitrogen and oxygen atoms in total. The zero-order chi connectivity index (χ0) is 10.6. The molecule has 2 aromatic heterocycles. The molecule has 0 bridgehead atoms. The van der Waals surface area contributed by atoms with Crippen LogP contribution in [0.3, 0.4) is 0 Å². The Labute approximate surface area is 87.4 Å².